The molecule has 0 bridgehead atoms. The standard InChI is InChI=1S/C27H22ClN5O5/c1-32-20-13-30-24-21(22(20)31-27(25(32)35)9-10-33(14-27)26(36)37)18(12-29-24)23(34)17-8-7-16(11-19(17)28)38-15-5-3-2-4-6-15/h2-8,11-13,31H,9-10,14H2,1H3,(H,29,30)(H,36,37). The fourth-order valence-corrected chi connectivity index (χ4v) is 5.39. The molecule has 6 rings (SSSR count). The second-order valence-electron chi connectivity index (χ2n) is 9.36. The maximum atomic E-state index is 13.7. The van der Waals surface area contributed by atoms with E-state index >= 15 is 0 Å². The van der Waals surface area contributed by atoms with E-state index in [4.69, 9.17) is 16.3 Å². The van der Waals surface area contributed by atoms with Crippen LogP contribution in [0.2, 0.25) is 5.02 Å². The molecule has 2 aliphatic heterocycles. The number of ketones is 1. The van der Waals surface area contributed by atoms with Crippen molar-refractivity contribution in [3.8, 4) is 11.5 Å². The molecule has 1 spiro atoms. The first-order valence-electron chi connectivity index (χ1n) is 11.9. The summed E-state index contributed by atoms with van der Waals surface area (Å²) in [6.45, 7) is 0.217. The van der Waals surface area contributed by atoms with Gasteiger partial charge in [-0.15, -0.1) is 0 Å². The number of fused-ring (bicyclic) bond motifs is 3. The van der Waals surface area contributed by atoms with Gasteiger partial charge in [0.2, 0.25) is 0 Å². The van der Waals surface area contributed by atoms with Crippen molar-refractivity contribution in [3.05, 3.63) is 77.1 Å². The van der Waals surface area contributed by atoms with Crippen LogP contribution in [0.1, 0.15) is 22.3 Å². The Hall–Kier alpha value is -4.57. The van der Waals surface area contributed by atoms with E-state index in [2.05, 4.69) is 15.3 Å². The Labute approximate surface area is 221 Å². The lowest BCUT2D eigenvalue weighted by molar-refractivity contribution is -0.122. The Bertz CT molecular complexity index is 1620. The molecule has 1 atom stereocenters. The number of hydrogen-bond acceptors (Lipinski definition) is 6. The zero-order chi connectivity index (χ0) is 26.6. The summed E-state index contributed by atoms with van der Waals surface area (Å²) in [6, 6.07) is 14.1. The van der Waals surface area contributed by atoms with Crippen LogP contribution >= 0.6 is 11.6 Å². The average Bonchev–Trinajstić information content (AvgIpc) is 3.54. The molecular weight excluding hydrogens is 510 g/mol. The van der Waals surface area contributed by atoms with Gasteiger partial charge in [-0.25, -0.2) is 9.78 Å². The van der Waals surface area contributed by atoms with Crippen LogP contribution in [0, 0.1) is 0 Å². The lowest BCUT2D eigenvalue weighted by atomic mass is 9.91. The second kappa shape index (κ2) is 8.77. The Morgan fingerprint density at radius 3 is 2.63 bits per heavy atom. The number of para-hydroxylation sites is 1. The summed E-state index contributed by atoms with van der Waals surface area (Å²) in [4.78, 5) is 48.8. The number of ether oxygens (including phenoxy) is 1. The number of rotatable bonds is 4. The lowest BCUT2D eigenvalue weighted by Crippen LogP contribution is -2.58. The van der Waals surface area contributed by atoms with Gasteiger partial charge in [-0.3, -0.25) is 9.59 Å². The quantitative estimate of drug-likeness (QED) is 0.324. The number of carbonyl (C=O) groups excluding carboxylic acids is 2. The van der Waals surface area contributed by atoms with Gasteiger partial charge in [-0.05, 0) is 30.7 Å². The van der Waals surface area contributed by atoms with E-state index in [0.29, 0.717) is 45.9 Å². The Morgan fingerprint density at radius 2 is 1.92 bits per heavy atom. The van der Waals surface area contributed by atoms with Gasteiger partial charge in [0.15, 0.2) is 5.78 Å². The minimum Gasteiger partial charge on any atom is -0.465 e. The van der Waals surface area contributed by atoms with Crippen molar-refractivity contribution in [2.24, 2.45) is 0 Å². The average molecular weight is 532 g/mol. The predicted octanol–water partition coefficient (Wildman–Crippen LogP) is 4.75. The number of halogens is 1. The lowest BCUT2D eigenvalue weighted by Gasteiger charge is -2.40. The number of benzene rings is 2. The summed E-state index contributed by atoms with van der Waals surface area (Å²) in [5, 5.41) is 13.5. The van der Waals surface area contributed by atoms with Gasteiger partial charge in [0.1, 0.15) is 22.7 Å². The smallest absolute Gasteiger partial charge is 0.407 e. The molecule has 10 nitrogen and oxygen atoms in total. The van der Waals surface area contributed by atoms with Gasteiger partial charge in [0.25, 0.3) is 5.91 Å². The van der Waals surface area contributed by atoms with Gasteiger partial charge in [0, 0.05) is 31.4 Å². The van der Waals surface area contributed by atoms with Crippen LogP contribution in [-0.2, 0) is 4.79 Å². The summed E-state index contributed by atoms with van der Waals surface area (Å²) >= 11 is 6.53. The number of nitrogens with zero attached hydrogens (tertiary/aromatic N) is 3. The van der Waals surface area contributed by atoms with Gasteiger partial charge in [-0.1, -0.05) is 29.8 Å². The predicted molar refractivity (Wildman–Crippen MR) is 141 cm³/mol. The zero-order valence-electron chi connectivity index (χ0n) is 20.2. The first-order chi connectivity index (χ1) is 18.3. The largest absolute Gasteiger partial charge is 0.465 e. The highest BCUT2D eigenvalue weighted by Crippen LogP contribution is 2.43. The van der Waals surface area contributed by atoms with Crippen molar-refractivity contribution >= 4 is 51.8 Å². The molecule has 192 valence electrons. The molecule has 1 unspecified atom stereocenters. The van der Waals surface area contributed by atoms with Gasteiger partial charge in [-0.2, -0.15) is 0 Å². The molecule has 38 heavy (non-hydrogen) atoms. The first-order valence-corrected chi connectivity index (χ1v) is 12.3. The number of amides is 2. The maximum Gasteiger partial charge on any atom is 0.407 e. The van der Waals surface area contributed by atoms with E-state index in [1.54, 1.807) is 37.6 Å². The number of carbonyl (C=O) groups is 3. The topological polar surface area (TPSA) is 128 Å². The van der Waals surface area contributed by atoms with E-state index in [0.717, 1.165) is 0 Å². The van der Waals surface area contributed by atoms with Crippen molar-refractivity contribution in [3.63, 3.8) is 0 Å². The number of nitrogens with one attached hydrogen (secondary N) is 2. The molecule has 0 aliphatic carbocycles. The van der Waals surface area contributed by atoms with E-state index in [1.807, 2.05) is 30.3 Å². The summed E-state index contributed by atoms with van der Waals surface area (Å²) in [7, 11) is 1.62. The molecule has 4 heterocycles. The number of hydrogen-bond donors (Lipinski definition) is 3. The zero-order valence-corrected chi connectivity index (χ0v) is 21.0. The number of aromatic nitrogens is 2. The highest BCUT2D eigenvalue weighted by atomic mass is 35.5. The first kappa shape index (κ1) is 23.8. The van der Waals surface area contributed by atoms with Crippen LogP contribution in [0.15, 0.2) is 60.9 Å². The third-order valence-electron chi connectivity index (χ3n) is 7.07. The minimum absolute atomic E-state index is 0.00281. The van der Waals surface area contributed by atoms with Gasteiger partial charge in [0.05, 0.1) is 40.1 Å². The van der Waals surface area contributed by atoms with Crippen LogP contribution < -0.4 is 15.0 Å². The normalized spacial score (nSPS) is 18.5. The minimum atomic E-state index is -1.14. The van der Waals surface area contributed by atoms with Crippen LogP contribution in [0.4, 0.5) is 16.2 Å². The van der Waals surface area contributed by atoms with Crippen molar-refractivity contribution in [1.29, 1.82) is 0 Å². The SMILES string of the molecule is CN1C(=O)C2(CCN(C(=O)O)C2)Nc2c1cnc1[nH]cc(C(=O)c3ccc(Oc4ccccc4)cc3Cl)c21. The Balaban J connectivity index is 1.39. The molecule has 3 N–H and O–H groups in total. The molecule has 0 saturated carbocycles. The third kappa shape index (κ3) is 3.72. The van der Waals surface area contributed by atoms with Crippen molar-refractivity contribution in [2.75, 3.05) is 30.4 Å². The Kier molecular flexibility index (Phi) is 5.50. The number of likely N-dealkylation sites (tertiary alicyclic amines) is 1. The summed E-state index contributed by atoms with van der Waals surface area (Å²) in [5.74, 6) is 0.541. The molecule has 4 aromatic rings. The Morgan fingerprint density at radius 1 is 1.13 bits per heavy atom. The number of aromatic amines is 1. The number of anilines is 2. The fraction of sp³-hybridized carbons (Fsp3) is 0.185. The molecule has 2 aromatic heterocycles. The molecule has 2 aromatic carbocycles. The van der Waals surface area contributed by atoms with Crippen molar-refractivity contribution < 1.29 is 24.2 Å². The number of pyridine rings is 1. The second-order valence-corrected chi connectivity index (χ2v) is 9.76. The maximum absolute atomic E-state index is 13.7. The highest BCUT2D eigenvalue weighted by molar-refractivity contribution is 6.36. The van der Waals surface area contributed by atoms with E-state index in [9.17, 15) is 19.5 Å². The molecule has 1 fully saturated rings. The van der Waals surface area contributed by atoms with Crippen LogP contribution in [0.5, 0.6) is 11.5 Å². The number of H-pyrrole nitrogens is 1. The molecule has 0 radical (unpaired) electrons. The van der Waals surface area contributed by atoms with E-state index in [-0.39, 0.29) is 35.4 Å². The van der Waals surface area contributed by atoms with E-state index in [1.165, 1.54) is 9.80 Å². The van der Waals surface area contributed by atoms with Crippen molar-refractivity contribution in [2.45, 2.75) is 12.0 Å². The third-order valence-corrected chi connectivity index (χ3v) is 7.38. The van der Waals surface area contributed by atoms with Gasteiger partial charge >= 0.3 is 6.09 Å². The molecule has 11 heteroatoms. The van der Waals surface area contributed by atoms with Crippen LogP contribution in [-0.4, -0.2) is 63.4 Å². The number of carboxylic acid groups (broad SMARTS) is 1. The molecule has 2 aliphatic rings. The summed E-state index contributed by atoms with van der Waals surface area (Å²) in [5.41, 5.74) is 0.938. The molecular formula is C27H22ClN5O5. The van der Waals surface area contributed by atoms with Crippen LogP contribution in [0.25, 0.3) is 11.0 Å². The van der Waals surface area contributed by atoms with Crippen molar-refractivity contribution in [1.82, 2.24) is 14.9 Å². The number of likely N-dealkylation sites (N-methyl/N-ethyl adjacent to an activating group) is 1. The highest BCUT2D eigenvalue weighted by Gasteiger charge is 2.51. The fourth-order valence-electron chi connectivity index (χ4n) is 5.13. The van der Waals surface area contributed by atoms with Crippen LogP contribution in [0.3, 0.4) is 0 Å². The monoisotopic (exact) mass is 531 g/mol. The summed E-state index contributed by atoms with van der Waals surface area (Å²) < 4.78 is 5.82. The van der Waals surface area contributed by atoms with Gasteiger partial charge < -0.3 is 29.9 Å². The van der Waals surface area contributed by atoms with E-state index < -0.39 is 11.6 Å². The summed E-state index contributed by atoms with van der Waals surface area (Å²) in [6.07, 6.45) is 2.33. The molecule has 1 saturated heterocycles. The molecule has 2 amide bonds.